The van der Waals surface area contributed by atoms with Crippen molar-refractivity contribution in [3.63, 3.8) is 0 Å². The summed E-state index contributed by atoms with van der Waals surface area (Å²) in [5.41, 5.74) is 2.37. The van der Waals surface area contributed by atoms with Gasteiger partial charge in [-0.15, -0.1) is 0 Å². The predicted molar refractivity (Wildman–Crippen MR) is 168 cm³/mol. The summed E-state index contributed by atoms with van der Waals surface area (Å²) in [6.45, 7) is 10.5. The molecule has 1 saturated carbocycles. The van der Waals surface area contributed by atoms with E-state index in [-0.39, 0.29) is 36.2 Å². The Kier molecular flexibility index (Phi) is 12.2. The summed E-state index contributed by atoms with van der Waals surface area (Å²) < 4.78 is 22.9. The van der Waals surface area contributed by atoms with Crippen LogP contribution < -0.4 is 11.1 Å². The molecular formula is C32H48N6O8. The number of amides is 1. The van der Waals surface area contributed by atoms with Gasteiger partial charge in [0.2, 0.25) is 5.60 Å². The Morgan fingerprint density at radius 1 is 1.30 bits per heavy atom. The lowest BCUT2D eigenvalue weighted by Crippen LogP contribution is -2.49. The number of esters is 2. The van der Waals surface area contributed by atoms with Crippen LogP contribution in [0.25, 0.3) is 0 Å². The molecule has 254 valence electrons. The van der Waals surface area contributed by atoms with Crippen molar-refractivity contribution >= 4 is 30.0 Å². The Balaban J connectivity index is 1.88. The maximum atomic E-state index is 13.1. The maximum absolute atomic E-state index is 13.1. The molecule has 14 heteroatoms. The molecule has 2 fully saturated rings. The molecule has 1 aromatic rings. The first-order valence-corrected chi connectivity index (χ1v) is 15.7. The molecule has 1 saturated heterocycles. The first kappa shape index (κ1) is 36.8. The molecule has 0 bridgehead atoms. The zero-order chi connectivity index (χ0) is 34.3. The Hall–Kier alpha value is -3.64. The Morgan fingerprint density at radius 2 is 2.00 bits per heavy atom. The van der Waals surface area contributed by atoms with Crippen molar-refractivity contribution in [1.29, 1.82) is 10.7 Å². The molecule has 1 aliphatic carbocycles. The largest absolute Gasteiger partial charge is 0.463 e. The zero-order valence-corrected chi connectivity index (χ0v) is 27.6. The molecule has 0 radical (unpaired) electrons. The number of nitrogens with one attached hydrogen (secondary N) is 3. The molecule has 0 spiro atoms. The number of nitrogens with two attached hydrogens (primary N) is 1. The number of unbranched alkanes of at least 4 members (excludes halogenated alkanes) is 1. The van der Waals surface area contributed by atoms with E-state index >= 15 is 0 Å². The normalized spacial score (nSPS) is 24.4. The van der Waals surface area contributed by atoms with E-state index < -0.39 is 58.8 Å². The summed E-state index contributed by atoms with van der Waals surface area (Å²) in [6.07, 6.45) is 1.23. The number of aromatic nitrogens is 1. The van der Waals surface area contributed by atoms with Crippen LogP contribution in [0, 0.1) is 28.1 Å². The van der Waals surface area contributed by atoms with E-state index in [9.17, 15) is 24.8 Å². The van der Waals surface area contributed by atoms with Crippen molar-refractivity contribution in [3.05, 3.63) is 23.5 Å². The number of H-pyrrole nitrogens is 1. The van der Waals surface area contributed by atoms with Crippen LogP contribution in [0.15, 0.2) is 17.1 Å². The van der Waals surface area contributed by atoms with Gasteiger partial charge in [-0.05, 0) is 56.6 Å². The van der Waals surface area contributed by atoms with Crippen molar-refractivity contribution in [3.8, 4) is 6.07 Å². The Labute approximate surface area is 269 Å². The first-order chi connectivity index (χ1) is 21.6. The number of hydrogen-bond donors (Lipinski definition) is 5. The van der Waals surface area contributed by atoms with Crippen molar-refractivity contribution in [2.75, 3.05) is 13.2 Å². The van der Waals surface area contributed by atoms with Crippen LogP contribution in [0.4, 0.5) is 0 Å². The molecule has 6 N–H and O–H groups in total. The van der Waals surface area contributed by atoms with Crippen LogP contribution in [0.3, 0.4) is 0 Å². The number of hydrogen-bond acceptors (Lipinski definition) is 11. The van der Waals surface area contributed by atoms with Crippen LogP contribution in [-0.4, -0.2) is 83.3 Å². The lowest BCUT2D eigenvalue weighted by atomic mass is 9.83. The third-order valence-corrected chi connectivity index (χ3v) is 8.40. The van der Waals surface area contributed by atoms with E-state index in [2.05, 4.69) is 15.3 Å². The van der Waals surface area contributed by atoms with E-state index in [0.717, 1.165) is 38.4 Å². The number of nitriles is 1. The molecule has 0 aromatic carbocycles. The average Bonchev–Trinajstić information content (AvgIpc) is 3.57. The third kappa shape index (κ3) is 8.58. The van der Waals surface area contributed by atoms with Gasteiger partial charge in [-0.3, -0.25) is 19.8 Å². The number of aromatic amines is 1. The monoisotopic (exact) mass is 644 g/mol. The van der Waals surface area contributed by atoms with Gasteiger partial charge in [0, 0.05) is 13.0 Å². The van der Waals surface area contributed by atoms with Gasteiger partial charge >= 0.3 is 11.9 Å². The highest BCUT2D eigenvalue weighted by Crippen LogP contribution is 2.41. The molecule has 14 nitrogen and oxygen atoms in total. The number of amidine groups is 1. The van der Waals surface area contributed by atoms with E-state index in [1.807, 2.05) is 13.0 Å². The SMILES string of the molecule is CCCCOC(C)(C)C(=O)N/C(=N/C=N)c1ccc([C@]2(C#N)O[C@H](COC(=O)CC3CCC3)[C@@H](OC(=O)[C@H](N)C(C)(C)C)[C@H]2O)[nH]1. The number of ether oxygens (including phenoxy) is 4. The first-order valence-electron chi connectivity index (χ1n) is 15.7. The highest BCUT2D eigenvalue weighted by atomic mass is 16.6. The van der Waals surface area contributed by atoms with Crippen molar-refractivity contribution in [1.82, 2.24) is 10.3 Å². The quantitative estimate of drug-likeness (QED) is 0.0861. The number of rotatable bonds is 14. The topological polar surface area (TPSA) is 222 Å². The summed E-state index contributed by atoms with van der Waals surface area (Å²) >= 11 is 0. The molecule has 1 aliphatic heterocycles. The minimum atomic E-state index is -2.11. The van der Waals surface area contributed by atoms with Crippen LogP contribution in [0.1, 0.15) is 91.5 Å². The van der Waals surface area contributed by atoms with Crippen LogP contribution in [-0.2, 0) is 38.9 Å². The molecule has 46 heavy (non-hydrogen) atoms. The molecule has 1 aromatic heterocycles. The van der Waals surface area contributed by atoms with Gasteiger partial charge in [-0.1, -0.05) is 40.5 Å². The van der Waals surface area contributed by atoms with Crippen molar-refractivity contribution in [2.24, 2.45) is 22.1 Å². The highest BCUT2D eigenvalue weighted by Gasteiger charge is 2.59. The molecule has 2 aliphatic rings. The zero-order valence-electron chi connectivity index (χ0n) is 27.6. The minimum absolute atomic E-state index is 0.0420. The number of nitrogens with zero attached hydrogens (tertiary/aromatic N) is 2. The molecule has 5 atom stereocenters. The second-order valence-corrected chi connectivity index (χ2v) is 13.4. The summed E-state index contributed by atoms with van der Waals surface area (Å²) in [5, 5.41) is 32.1. The van der Waals surface area contributed by atoms with Crippen LogP contribution in [0.2, 0.25) is 0 Å². The van der Waals surface area contributed by atoms with Crippen molar-refractivity contribution in [2.45, 2.75) is 116 Å². The van der Waals surface area contributed by atoms with Crippen LogP contribution in [0.5, 0.6) is 0 Å². The van der Waals surface area contributed by atoms with Crippen LogP contribution >= 0.6 is 0 Å². The molecule has 2 heterocycles. The van der Waals surface area contributed by atoms with Gasteiger partial charge in [0.25, 0.3) is 5.91 Å². The van der Waals surface area contributed by atoms with Gasteiger partial charge in [0.15, 0.2) is 11.9 Å². The fourth-order valence-electron chi connectivity index (χ4n) is 4.96. The van der Waals surface area contributed by atoms with Gasteiger partial charge in [-0.2, -0.15) is 5.26 Å². The number of carbonyl (C=O) groups is 3. The summed E-state index contributed by atoms with van der Waals surface area (Å²) in [4.78, 5) is 45.5. The Morgan fingerprint density at radius 3 is 2.57 bits per heavy atom. The Bertz CT molecular complexity index is 1320. The standard InChI is InChI=1S/C32H48N6O8/c1-7-8-14-44-31(5,6)29(42)38-27(36-18-34)20-12-13-22(37-20)32(17-33)26(40)24(45-28(41)25(35)30(2,3)4)21(46-32)16-43-23(39)15-19-10-9-11-19/h12-13,18-19,21,24-26,37,40H,7-11,14-16,35H2,1-6H3,(H2,34,36,38,42)/t21-,24-,25+,26-,32+/m1/s1. The lowest BCUT2D eigenvalue weighted by molar-refractivity contribution is -0.163. The summed E-state index contributed by atoms with van der Waals surface area (Å²) in [5.74, 6) is -1.58. The van der Waals surface area contributed by atoms with E-state index in [1.165, 1.54) is 12.1 Å². The second kappa shape index (κ2) is 15.3. The smallest absolute Gasteiger partial charge is 0.323 e. The van der Waals surface area contributed by atoms with E-state index in [0.29, 0.717) is 6.61 Å². The van der Waals surface area contributed by atoms with E-state index in [1.54, 1.807) is 34.6 Å². The fraction of sp³-hybridized carbons (Fsp3) is 0.688. The molecular weight excluding hydrogens is 596 g/mol. The number of carbonyl (C=O) groups excluding carboxylic acids is 3. The van der Waals surface area contributed by atoms with Gasteiger partial charge in [0.1, 0.15) is 42.9 Å². The highest BCUT2D eigenvalue weighted by molar-refractivity contribution is 6.10. The molecule has 0 unspecified atom stereocenters. The van der Waals surface area contributed by atoms with E-state index in [4.69, 9.17) is 30.1 Å². The number of aliphatic hydroxyl groups excluding tert-OH is 1. The van der Waals surface area contributed by atoms with Gasteiger partial charge < -0.3 is 40.1 Å². The van der Waals surface area contributed by atoms with Crippen molar-refractivity contribution < 1.29 is 38.4 Å². The predicted octanol–water partition coefficient (Wildman–Crippen LogP) is 2.58. The molecule has 3 rings (SSSR count). The summed E-state index contributed by atoms with van der Waals surface area (Å²) in [7, 11) is 0. The number of aliphatic imine (C=N–C) groups is 1. The number of aliphatic hydroxyl groups is 1. The fourth-order valence-corrected chi connectivity index (χ4v) is 4.96. The van der Waals surface area contributed by atoms with Gasteiger partial charge in [-0.25, -0.2) is 4.99 Å². The summed E-state index contributed by atoms with van der Waals surface area (Å²) in [6, 6.07) is 3.87. The second-order valence-electron chi connectivity index (χ2n) is 13.4. The van der Waals surface area contributed by atoms with Gasteiger partial charge in [0.05, 0.1) is 11.4 Å². The third-order valence-electron chi connectivity index (χ3n) is 8.40. The minimum Gasteiger partial charge on any atom is -0.463 e. The molecule has 1 amide bonds. The lowest BCUT2D eigenvalue weighted by Gasteiger charge is -2.29. The average molecular weight is 645 g/mol. The maximum Gasteiger partial charge on any atom is 0.323 e.